The van der Waals surface area contributed by atoms with Gasteiger partial charge in [0.1, 0.15) is 23.7 Å². The minimum atomic E-state index is -0.529. The zero-order valence-electron chi connectivity index (χ0n) is 16.7. The number of furan rings is 1. The van der Waals surface area contributed by atoms with E-state index in [0.29, 0.717) is 12.3 Å². The molecule has 0 atom stereocenters. The molecule has 2 N–H and O–H groups in total. The molecule has 12 heteroatoms. The summed E-state index contributed by atoms with van der Waals surface area (Å²) < 4.78 is 7.95. The number of hydrogen-bond acceptors (Lipinski definition) is 7. The first-order chi connectivity index (χ1) is 14.3. The molecule has 3 heterocycles. The van der Waals surface area contributed by atoms with E-state index >= 15 is 0 Å². The second-order valence-corrected chi connectivity index (χ2v) is 6.49. The number of hydrogen-bond donors (Lipinski definition) is 2. The quantitative estimate of drug-likeness (QED) is 0.420. The van der Waals surface area contributed by atoms with Crippen LogP contribution in [0.2, 0.25) is 0 Å². The molecule has 0 aliphatic heterocycles. The Hall–Kier alpha value is -3.96. The van der Waals surface area contributed by atoms with E-state index in [2.05, 4.69) is 20.8 Å². The second kappa shape index (κ2) is 8.59. The molecule has 2 amide bonds. The first-order valence-electron chi connectivity index (χ1n) is 9.16. The minimum absolute atomic E-state index is 0.0519. The zero-order valence-corrected chi connectivity index (χ0v) is 16.7. The van der Waals surface area contributed by atoms with Gasteiger partial charge in [0.15, 0.2) is 5.69 Å². The van der Waals surface area contributed by atoms with Crippen LogP contribution in [0.4, 0.5) is 11.4 Å². The van der Waals surface area contributed by atoms with Crippen molar-refractivity contribution in [1.29, 1.82) is 0 Å². The predicted octanol–water partition coefficient (Wildman–Crippen LogP) is 1.79. The number of aryl methyl sites for hydroxylation is 2. The van der Waals surface area contributed by atoms with Crippen molar-refractivity contribution < 1.29 is 18.9 Å². The molecule has 3 aromatic rings. The molecule has 30 heavy (non-hydrogen) atoms. The van der Waals surface area contributed by atoms with Crippen LogP contribution in [0.5, 0.6) is 0 Å². The largest absolute Gasteiger partial charge is 0.467 e. The van der Waals surface area contributed by atoms with Crippen LogP contribution >= 0.6 is 0 Å². The third-order valence-corrected chi connectivity index (χ3v) is 4.40. The number of aromatic nitrogens is 4. The average Bonchev–Trinajstić information content (AvgIpc) is 3.40. The highest BCUT2D eigenvalue weighted by Gasteiger charge is 2.24. The van der Waals surface area contributed by atoms with Gasteiger partial charge in [-0.2, -0.15) is 10.2 Å². The number of carbonyl (C=O) groups is 2. The lowest BCUT2D eigenvalue weighted by Gasteiger charge is -2.07. The Labute approximate surface area is 171 Å². The van der Waals surface area contributed by atoms with Gasteiger partial charge in [-0.1, -0.05) is 0 Å². The fraction of sp³-hybridized carbons (Fsp3) is 0.333. The van der Waals surface area contributed by atoms with Crippen molar-refractivity contribution >= 4 is 23.2 Å². The van der Waals surface area contributed by atoms with Crippen molar-refractivity contribution in [3.05, 3.63) is 57.5 Å². The molecule has 0 spiro atoms. The molecular formula is C18H21N7O5. The van der Waals surface area contributed by atoms with Crippen molar-refractivity contribution in [3.63, 3.8) is 0 Å². The van der Waals surface area contributed by atoms with E-state index in [1.54, 1.807) is 18.3 Å². The molecule has 0 saturated carbocycles. The first kappa shape index (κ1) is 20.8. The van der Waals surface area contributed by atoms with Crippen molar-refractivity contribution in [2.45, 2.75) is 40.4 Å². The van der Waals surface area contributed by atoms with Crippen molar-refractivity contribution in [3.8, 4) is 0 Å². The Morgan fingerprint density at radius 1 is 1.30 bits per heavy atom. The lowest BCUT2D eigenvalue weighted by Crippen LogP contribution is -2.26. The molecule has 0 bridgehead atoms. The lowest BCUT2D eigenvalue weighted by atomic mass is 10.3. The van der Waals surface area contributed by atoms with E-state index in [0.717, 1.165) is 0 Å². The minimum Gasteiger partial charge on any atom is -0.467 e. The highest BCUT2D eigenvalue weighted by atomic mass is 16.6. The fourth-order valence-corrected chi connectivity index (χ4v) is 2.94. The lowest BCUT2D eigenvalue weighted by molar-refractivity contribution is -0.386. The van der Waals surface area contributed by atoms with Gasteiger partial charge in [-0.15, -0.1) is 0 Å². The summed E-state index contributed by atoms with van der Waals surface area (Å²) in [6.07, 6.45) is 3.05. The molecule has 0 saturated heterocycles. The highest BCUT2D eigenvalue weighted by Crippen LogP contribution is 2.22. The Morgan fingerprint density at radius 3 is 2.67 bits per heavy atom. The summed E-state index contributed by atoms with van der Waals surface area (Å²) >= 11 is 0. The zero-order chi connectivity index (χ0) is 21.8. The summed E-state index contributed by atoms with van der Waals surface area (Å²) in [6, 6.07) is 3.43. The molecule has 0 radical (unpaired) electrons. The predicted molar refractivity (Wildman–Crippen MR) is 105 cm³/mol. The van der Waals surface area contributed by atoms with Crippen molar-refractivity contribution in [2.24, 2.45) is 0 Å². The molecule has 0 aliphatic carbocycles. The van der Waals surface area contributed by atoms with Crippen LogP contribution in [0.1, 0.15) is 34.6 Å². The Morgan fingerprint density at radius 2 is 2.07 bits per heavy atom. The number of amides is 2. The van der Waals surface area contributed by atoms with Crippen molar-refractivity contribution in [1.82, 2.24) is 24.9 Å². The van der Waals surface area contributed by atoms with Crippen LogP contribution in [0.15, 0.2) is 29.0 Å². The maximum absolute atomic E-state index is 12.5. The second-order valence-electron chi connectivity index (χ2n) is 6.49. The van der Waals surface area contributed by atoms with E-state index in [1.165, 1.54) is 29.5 Å². The summed E-state index contributed by atoms with van der Waals surface area (Å²) in [4.78, 5) is 35.6. The van der Waals surface area contributed by atoms with Gasteiger partial charge in [-0.25, -0.2) is 0 Å². The van der Waals surface area contributed by atoms with E-state index < -0.39 is 16.7 Å². The normalized spacial score (nSPS) is 10.8. The van der Waals surface area contributed by atoms with Crippen LogP contribution in [0.3, 0.4) is 0 Å². The van der Waals surface area contributed by atoms with Gasteiger partial charge in [-0.3, -0.25) is 29.1 Å². The monoisotopic (exact) mass is 415 g/mol. The number of rotatable bonds is 8. The van der Waals surface area contributed by atoms with Gasteiger partial charge < -0.3 is 15.1 Å². The van der Waals surface area contributed by atoms with Gasteiger partial charge in [0, 0.05) is 12.7 Å². The fourth-order valence-electron chi connectivity index (χ4n) is 2.94. The van der Waals surface area contributed by atoms with Gasteiger partial charge in [0.2, 0.25) is 5.91 Å². The number of nitrogens with zero attached hydrogens (tertiary/aromatic N) is 5. The number of nitrogens with one attached hydrogen (secondary N) is 2. The SMILES string of the molecule is CCn1cc(NC(=O)Cn2nc(C)c([N+](=O)[O-])c2C)c(C(=O)NCc2ccco2)n1. The molecule has 0 aromatic carbocycles. The maximum atomic E-state index is 12.5. The molecule has 3 rings (SSSR count). The molecular weight excluding hydrogens is 394 g/mol. The molecule has 0 aliphatic rings. The maximum Gasteiger partial charge on any atom is 0.312 e. The molecule has 158 valence electrons. The summed E-state index contributed by atoms with van der Waals surface area (Å²) in [6.45, 7) is 5.30. The van der Waals surface area contributed by atoms with Crippen LogP contribution in [-0.4, -0.2) is 36.3 Å². The van der Waals surface area contributed by atoms with E-state index in [9.17, 15) is 19.7 Å². The first-order valence-corrected chi connectivity index (χ1v) is 9.16. The molecule has 3 aromatic heterocycles. The van der Waals surface area contributed by atoms with Gasteiger partial charge in [-0.05, 0) is 32.9 Å². The number of anilines is 1. The molecule has 12 nitrogen and oxygen atoms in total. The van der Waals surface area contributed by atoms with Crippen LogP contribution in [0.25, 0.3) is 0 Å². The van der Waals surface area contributed by atoms with Gasteiger partial charge >= 0.3 is 5.69 Å². The average molecular weight is 415 g/mol. The molecule has 0 fully saturated rings. The Kier molecular flexibility index (Phi) is 5.95. The van der Waals surface area contributed by atoms with Crippen LogP contribution in [-0.2, 0) is 24.4 Å². The van der Waals surface area contributed by atoms with Crippen LogP contribution < -0.4 is 10.6 Å². The highest BCUT2D eigenvalue weighted by molar-refractivity contribution is 6.02. The van der Waals surface area contributed by atoms with E-state index in [1.807, 2.05) is 6.92 Å². The summed E-state index contributed by atoms with van der Waals surface area (Å²) in [7, 11) is 0. The van der Waals surface area contributed by atoms with E-state index in [-0.39, 0.29) is 41.5 Å². The third-order valence-electron chi connectivity index (χ3n) is 4.40. The number of carbonyl (C=O) groups excluding carboxylic acids is 2. The third kappa shape index (κ3) is 4.37. The summed E-state index contributed by atoms with van der Waals surface area (Å²) in [5, 5.41) is 24.7. The van der Waals surface area contributed by atoms with Crippen LogP contribution in [0, 0.1) is 24.0 Å². The standard InChI is InChI=1S/C18H21N7O5/c1-4-23-9-14(16(22-23)18(27)19-8-13-6-5-7-30-13)20-15(26)10-24-12(3)17(25(28)29)11(2)21-24/h5-7,9H,4,8,10H2,1-3H3,(H,19,27)(H,20,26). The van der Waals surface area contributed by atoms with E-state index in [4.69, 9.17) is 4.42 Å². The van der Waals surface area contributed by atoms with Gasteiger partial charge in [0.05, 0.1) is 23.4 Å². The van der Waals surface area contributed by atoms with Crippen molar-refractivity contribution in [2.75, 3.05) is 5.32 Å². The summed E-state index contributed by atoms with van der Waals surface area (Å²) in [5.41, 5.74) is 0.654. The Bertz CT molecular complexity index is 1080. The number of nitro groups is 1. The molecule has 0 unspecified atom stereocenters. The smallest absolute Gasteiger partial charge is 0.312 e. The van der Waals surface area contributed by atoms with Gasteiger partial charge in [0.25, 0.3) is 5.91 Å². The topological polar surface area (TPSA) is 150 Å². The Balaban J connectivity index is 1.73. The summed E-state index contributed by atoms with van der Waals surface area (Å²) in [5.74, 6) is -0.392.